The SMILES string of the molecule is O=C(NC(CCc1ccccc1)C(=O)O)c1cnsn1. The Morgan fingerprint density at radius 3 is 2.65 bits per heavy atom. The van der Waals surface area contributed by atoms with Crippen LogP contribution >= 0.6 is 11.7 Å². The second kappa shape index (κ2) is 6.76. The van der Waals surface area contributed by atoms with Gasteiger partial charge in [0.05, 0.1) is 17.9 Å². The number of aryl methyl sites for hydroxylation is 1. The fourth-order valence-corrected chi connectivity index (χ4v) is 2.12. The van der Waals surface area contributed by atoms with E-state index in [1.165, 1.54) is 6.20 Å². The summed E-state index contributed by atoms with van der Waals surface area (Å²) in [4.78, 5) is 22.9. The van der Waals surface area contributed by atoms with Crippen LogP contribution in [0.5, 0.6) is 0 Å². The van der Waals surface area contributed by atoms with Crippen LogP contribution in [0.25, 0.3) is 0 Å². The number of hydrogen-bond acceptors (Lipinski definition) is 5. The topological polar surface area (TPSA) is 92.2 Å². The van der Waals surface area contributed by atoms with Crippen LogP contribution in [-0.4, -0.2) is 31.8 Å². The molecular formula is C13H13N3O3S. The van der Waals surface area contributed by atoms with Crippen LogP contribution in [0.2, 0.25) is 0 Å². The zero-order valence-electron chi connectivity index (χ0n) is 10.5. The molecule has 6 nitrogen and oxygen atoms in total. The van der Waals surface area contributed by atoms with Gasteiger partial charge in [-0.3, -0.25) is 4.79 Å². The molecule has 0 aliphatic rings. The van der Waals surface area contributed by atoms with Crippen LogP contribution in [0.1, 0.15) is 22.5 Å². The van der Waals surface area contributed by atoms with Crippen molar-refractivity contribution in [1.82, 2.24) is 14.1 Å². The lowest BCUT2D eigenvalue weighted by atomic mass is 10.1. The summed E-state index contributed by atoms with van der Waals surface area (Å²) in [5, 5.41) is 11.6. The number of carbonyl (C=O) groups excluding carboxylic acids is 1. The summed E-state index contributed by atoms with van der Waals surface area (Å²) in [5.41, 5.74) is 1.17. The van der Waals surface area contributed by atoms with Crippen molar-refractivity contribution >= 4 is 23.6 Å². The predicted molar refractivity (Wildman–Crippen MR) is 73.6 cm³/mol. The van der Waals surface area contributed by atoms with Gasteiger partial charge in [0.2, 0.25) is 0 Å². The second-order valence-corrected chi connectivity index (χ2v) is 4.74. The Bertz CT molecular complexity index is 572. The lowest BCUT2D eigenvalue weighted by Crippen LogP contribution is -2.41. The molecule has 2 aromatic rings. The van der Waals surface area contributed by atoms with E-state index in [1.807, 2.05) is 30.3 Å². The van der Waals surface area contributed by atoms with Gasteiger partial charge < -0.3 is 10.4 Å². The van der Waals surface area contributed by atoms with Gasteiger partial charge in [-0.1, -0.05) is 30.3 Å². The first kappa shape index (κ1) is 14.1. The Hall–Kier alpha value is -2.28. The van der Waals surface area contributed by atoms with Crippen LogP contribution < -0.4 is 5.32 Å². The molecule has 104 valence electrons. The van der Waals surface area contributed by atoms with Gasteiger partial charge in [0.1, 0.15) is 6.04 Å². The predicted octanol–water partition coefficient (Wildman–Crippen LogP) is 1.35. The van der Waals surface area contributed by atoms with E-state index < -0.39 is 17.9 Å². The average Bonchev–Trinajstić information content (AvgIpc) is 2.98. The van der Waals surface area contributed by atoms with Gasteiger partial charge in [0.15, 0.2) is 5.69 Å². The number of aliphatic carboxylic acids is 1. The van der Waals surface area contributed by atoms with Gasteiger partial charge in [-0.15, -0.1) is 0 Å². The van der Waals surface area contributed by atoms with E-state index >= 15 is 0 Å². The van der Waals surface area contributed by atoms with Gasteiger partial charge in [-0.25, -0.2) is 4.79 Å². The Kier molecular flexibility index (Phi) is 4.78. The summed E-state index contributed by atoms with van der Waals surface area (Å²) in [6.07, 6.45) is 2.21. The lowest BCUT2D eigenvalue weighted by Gasteiger charge is -2.13. The molecule has 1 atom stereocenters. The van der Waals surface area contributed by atoms with Crippen LogP contribution in [0.3, 0.4) is 0 Å². The lowest BCUT2D eigenvalue weighted by molar-refractivity contribution is -0.139. The third kappa shape index (κ3) is 3.86. The Labute approximate surface area is 119 Å². The van der Waals surface area contributed by atoms with Crippen molar-refractivity contribution in [1.29, 1.82) is 0 Å². The van der Waals surface area contributed by atoms with Crippen LogP contribution in [0, 0.1) is 0 Å². The highest BCUT2D eigenvalue weighted by atomic mass is 32.1. The minimum atomic E-state index is -1.06. The summed E-state index contributed by atoms with van der Waals surface area (Å²) in [6.45, 7) is 0. The molecule has 0 aliphatic heterocycles. The zero-order chi connectivity index (χ0) is 14.4. The first-order chi connectivity index (χ1) is 9.66. The smallest absolute Gasteiger partial charge is 0.326 e. The van der Waals surface area contributed by atoms with Crippen LogP contribution in [-0.2, 0) is 11.2 Å². The van der Waals surface area contributed by atoms with Crippen molar-refractivity contribution in [2.45, 2.75) is 18.9 Å². The number of carboxylic acids is 1. The number of aromatic nitrogens is 2. The maximum Gasteiger partial charge on any atom is 0.326 e. The Morgan fingerprint density at radius 1 is 1.30 bits per heavy atom. The molecule has 20 heavy (non-hydrogen) atoms. The molecule has 2 N–H and O–H groups in total. The van der Waals surface area contributed by atoms with Crippen molar-refractivity contribution in [2.75, 3.05) is 0 Å². The minimum Gasteiger partial charge on any atom is -0.480 e. The molecule has 1 unspecified atom stereocenters. The molecule has 1 aromatic heterocycles. The number of carboxylic acid groups (broad SMARTS) is 1. The summed E-state index contributed by atoms with van der Waals surface area (Å²) >= 11 is 0.905. The fraction of sp³-hybridized carbons (Fsp3) is 0.231. The molecular weight excluding hydrogens is 278 g/mol. The standard InChI is InChI=1S/C13H13N3O3S/c17-12(11-8-14-20-16-11)15-10(13(18)19)7-6-9-4-2-1-3-5-9/h1-5,8,10H,6-7H2,(H,15,17)(H,18,19). The molecule has 0 saturated carbocycles. The minimum absolute atomic E-state index is 0.140. The molecule has 0 saturated heterocycles. The van der Waals surface area contributed by atoms with Crippen molar-refractivity contribution in [3.63, 3.8) is 0 Å². The molecule has 1 heterocycles. The van der Waals surface area contributed by atoms with E-state index in [0.29, 0.717) is 12.8 Å². The Balaban J connectivity index is 1.94. The van der Waals surface area contributed by atoms with E-state index in [-0.39, 0.29) is 5.69 Å². The quantitative estimate of drug-likeness (QED) is 0.838. The molecule has 0 spiro atoms. The van der Waals surface area contributed by atoms with Crippen molar-refractivity contribution in [2.24, 2.45) is 0 Å². The molecule has 0 bridgehead atoms. The number of hydrogen-bond donors (Lipinski definition) is 2. The number of benzene rings is 1. The van der Waals surface area contributed by atoms with Gasteiger partial charge in [0.25, 0.3) is 5.91 Å². The first-order valence-electron chi connectivity index (χ1n) is 6.02. The third-order valence-electron chi connectivity index (χ3n) is 2.76. The number of rotatable bonds is 6. The maximum atomic E-state index is 11.8. The summed E-state index contributed by atoms with van der Waals surface area (Å²) in [7, 11) is 0. The largest absolute Gasteiger partial charge is 0.480 e. The Morgan fingerprint density at radius 2 is 2.05 bits per heavy atom. The fourth-order valence-electron chi connectivity index (χ4n) is 1.71. The average molecular weight is 291 g/mol. The highest BCUT2D eigenvalue weighted by molar-refractivity contribution is 6.99. The molecule has 0 radical (unpaired) electrons. The maximum absolute atomic E-state index is 11.8. The van der Waals surface area contributed by atoms with Crippen molar-refractivity contribution in [3.05, 3.63) is 47.8 Å². The second-order valence-electron chi connectivity index (χ2n) is 4.18. The van der Waals surface area contributed by atoms with Gasteiger partial charge >= 0.3 is 5.97 Å². The van der Waals surface area contributed by atoms with Crippen LogP contribution in [0.15, 0.2) is 36.5 Å². The molecule has 1 aromatic carbocycles. The molecule has 0 fully saturated rings. The van der Waals surface area contributed by atoms with Crippen LogP contribution in [0.4, 0.5) is 0 Å². The van der Waals surface area contributed by atoms with E-state index in [0.717, 1.165) is 17.3 Å². The van der Waals surface area contributed by atoms with E-state index in [4.69, 9.17) is 5.11 Å². The van der Waals surface area contributed by atoms with E-state index in [1.54, 1.807) is 0 Å². The number of nitrogens with zero attached hydrogens (tertiary/aromatic N) is 2. The zero-order valence-corrected chi connectivity index (χ0v) is 11.3. The van der Waals surface area contributed by atoms with Gasteiger partial charge in [-0.05, 0) is 18.4 Å². The molecule has 2 rings (SSSR count). The van der Waals surface area contributed by atoms with Crippen molar-refractivity contribution < 1.29 is 14.7 Å². The molecule has 0 aliphatic carbocycles. The number of amides is 1. The van der Waals surface area contributed by atoms with Crippen molar-refractivity contribution in [3.8, 4) is 0 Å². The number of carbonyl (C=O) groups is 2. The highest BCUT2D eigenvalue weighted by Crippen LogP contribution is 2.06. The molecule has 1 amide bonds. The summed E-state index contributed by atoms with van der Waals surface area (Å²) < 4.78 is 7.48. The van der Waals surface area contributed by atoms with E-state index in [9.17, 15) is 9.59 Å². The van der Waals surface area contributed by atoms with Gasteiger partial charge in [0, 0.05) is 0 Å². The third-order valence-corrected chi connectivity index (χ3v) is 3.24. The monoisotopic (exact) mass is 291 g/mol. The normalized spacial score (nSPS) is 11.8. The van der Waals surface area contributed by atoms with Gasteiger partial charge in [-0.2, -0.15) is 8.75 Å². The first-order valence-corrected chi connectivity index (χ1v) is 6.75. The number of nitrogens with one attached hydrogen (secondary N) is 1. The molecule has 7 heteroatoms. The highest BCUT2D eigenvalue weighted by Gasteiger charge is 2.21. The summed E-state index contributed by atoms with van der Waals surface area (Å²) in [5.74, 6) is -1.57. The van der Waals surface area contributed by atoms with E-state index in [2.05, 4.69) is 14.1 Å². The summed E-state index contributed by atoms with van der Waals surface area (Å²) in [6, 6.07) is 8.59.